The molecule has 1 aliphatic heterocycles. The lowest BCUT2D eigenvalue weighted by Crippen LogP contribution is -2.53. The number of benzene rings is 1. The summed E-state index contributed by atoms with van der Waals surface area (Å²) in [6, 6.07) is 8.27. The summed E-state index contributed by atoms with van der Waals surface area (Å²) in [6.07, 6.45) is 2.07. The molecule has 2 N–H and O–H groups in total. The third-order valence-corrected chi connectivity index (χ3v) is 5.79. The zero-order valence-electron chi connectivity index (χ0n) is 15.4. The molecule has 0 unspecified atom stereocenters. The molecule has 0 radical (unpaired) electrons. The highest BCUT2D eigenvalue weighted by atomic mass is 32.1. The Morgan fingerprint density at radius 1 is 1.26 bits per heavy atom. The summed E-state index contributed by atoms with van der Waals surface area (Å²) in [4.78, 5) is 28.3. The van der Waals surface area contributed by atoms with Crippen LogP contribution < -0.4 is 5.32 Å². The molecule has 1 aliphatic rings. The number of carbonyl (C=O) groups excluding carboxylic acids is 1. The summed E-state index contributed by atoms with van der Waals surface area (Å²) in [7, 11) is 0. The minimum atomic E-state index is -0.913. The fraction of sp³-hybridized carbons (Fsp3) is 0.450. The number of aryl methyl sites for hydroxylation is 1. The van der Waals surface area contributed by atoms with Crippen LogP contribution in [0.2, 0.25) is 0 Å². The van der Waals surface area contributed by atoms with Crippen molar-refractivity contribution in [2.75, 3.05) is 13.2 Å². The van der Waals surface area contributed by atoms with Gasteiger partial charge in [-0.15, -0.1) is 11.3 Å². The summed E-state index contributed by atoms with van der Waals surface area (Å²) in [6.45, 7) is 3.04. The van der Waals surface area contributed by atoms with E-state index in [1.165, 1.54) is 16.9 Å². The van der Waals surface area contributed by atoms with Crippen LogP contribution in [0.25, 0.3) is 10.6 Å². The first-order valence-corrected chi connectivity index (χ1v) is 10.0. The second-order valence-corrected chi connectivity index (χ2v) is 7.74. The number of rotatable bonds is 7. The van der Waals surface area contributed by atoms with E-state index in [9.17, 15) is 14.7 Å². The molecule has 0 atom stereocenters. The largest absolute Gasteiger partial charge is 0.481 e. The molecule has 6 nitrogen and oxygen atoms in total. The highest BCUT2D eigenvalue weighted by molar-refractivity contribution is 7.13. The molecule has 0 bridgehead atoms. The Morgan fingerprint density at radius 3 is 2.59 bits per heavy atom. The molecule has 27 heavy (non-hydrogen) atoms. The van der Waals surface area contributed by atoms with Gasteiger partial charge in [0.25, 0.3) is 0 Å². The number of carbonyl (C=O) groups is 2. The second kappa shape index (κ2) is 8.63. The number of carboxylic acids is 1. The van der Waals surface area contributed by atoms with Gasteiger partial charge < -0.3 is 15.2 Å². The van der Waals surface area contributed by atoms with E-state index < -0.39 is 11.5 Å². The number of nitrogens with zero attached hydrogens (tertiary/aromatic N) is 1. The first-order valence-electron chi connectivity index (χ1n) is 9.14. The van der Waals surface area contributed by atoms with Gasteiger partial charge in [-0.25, -0.2) is 4.98 Å². The van der Waals surface area contributed by atoms with Gasteiger partial charge in [0.05, 0.1) is 24.1 Å². The van der Waals surface area contributed by atoms with E-state index in [1.54, 1.807) is 0 Å². The van der Waals surface area contributed by atoms with Crippen molar-refractivity contribution < 1.29 is 19.4 Å². The molecule has 1 saturated heterocycles. The van der Waals surface area contributed by atoms with E-state index >= 15 is 0 Å². The Bertz CT molecular complexity index is 795. The molecule has 144 valence electrons. The van der Waals surface area contributed by atoms with Crippen molar-refractivity contribution in [3.05, 3.63) is 40.9 Å². The first-order chi connectivity index (χ1) is 13.0. The van der Waals surface area contributed by atoms with E-state index in [0.29, 0.717) is 31.7 Å². The van der Waals surface area contributed by atoms with Crippen LogP contribution in [0.4, 0.5) is 0 Å². The second-order valence-electron chi connectivity index (χ2n) is 6.88. The number of aromatic nitrogens is 1. The van der Waals surface area contributed by atoms with E-state index in [4.69, 9.17) is 4.74 Å². The van der Waals surface area contributed by atoms with Crippen LogP contribution in [0.3, 0.4) is 0 Å². The lowest BCUT2D eigenvalue weighted by Gasteiger charge is -2.36. The van der Waals surface area contributed by atoms with Crippen LogP contribution in [-0.2, 0) is 27.2 Å². The maximum absolute atomic E-state index is 12.5. The number of nitrogens with one attached hydrogen (secondary N) is 1. The third kappa shape index (κ3) is 5.14. The van der Waals surface area contributed by atoms with Crippen LogP contribution in [-0.4, -0.2) is 40.7 Å². The average Bonchev–Trinajstić information content (AvgIpc) is 3.10. The Morgan fingerprint density at radius 2 is 1.96 bits per heavy atom. The van der Waals surface area contributed by atoms with E-state index in [0.717, 1.165) is 17.0 Å². The van der Waals surface area contributed by atoms with Crippen LogP contribution in [0, 0.1) is 0 Å². The predicted octanol–water partition coefficient (Wildman–Crippen LogP) is 3.06. The highest BCUT2D eigenvalue weighted by Gasteiger charge is 2.36. The SMILES string of the molecule is CCc1ccc(-c2nc(CC(=O)NC3(CC(=O)O)CCOCC3)cs2)cc1. The summed E-state index contributed by atoms with van der Waals surface area (Å²) in [5, 5.41) is 14.9. The highest BCUT2D eigenvalue weighted by Crippen LogP contribution is 2.26. The summed E-state index contributed by atoms with van der Waals surface area (Å²) in [5.41, 5.74) is 2.28. The molecule has 1 aromatic heterocycles. The smallest absolute Gasteiger partial charge is 0.305 e. The van der Waals surface area contributed by atoms with Crippen LogP contribution in [0.1, 0.15) is 37.4 Å². The van der Waals surface area contributed by atoms with Crippen LogP contribution in [0.15, 0.2) is 29.6 Å². The zero-order chi connectivity index (χ0) is 19.3. The van der Waals surface area contributed by atoms with Crippen molar-refractivity contribution in [3.8, 4) is 10.6 Å². The molecular formula is C20H24N2O4S. The van der Waals surface area contributed by atoms with E-state index in [1.807, 2.05) is 17.5 Å². The molecule has 0 aliphatic carbocycles. The standard InChI is InChI=1S/C20H24N2O4S/c1-2-14-3-5-15(6-4-14)19-21-16(13-27-19)11-17(23)22-20(12-18(24)25)7-9-26-10-8-20/h3-6,13H,2,7-12H2,1H3,(H,22,23)(H,24,25). The van der Waals surface area contributed by atoms with Gasteiger partial charge in [0.1, 0.15) is 5.01 Å². The molecular weight excluding hydrogens is 364 g/mol. The molecule has 2 aromatic rings. The van der Waals surface area contributed by atoms with Crippen molar-refractivity contribution in [1.82, 2.24) is 10.3 Å². The molecule has 3 rings (SSSR count). The van der Waals surface area contributed by atoms with Crippen molar-refractivity contribution in [2.24, 2.45) is 0 Å². The summed E-state index contributed by atoms with van der Waals surface area (Å²) in [5.74, 6) is -1.11. The molecule has 1 aromatic carbocycles. The Labute approximate surface area is 162 Å². The maximum atomic E-state index is 12.5. The van der Waals surface area contributed by atoms with Crippen LogP contribution >= 0.6 is 11.3 Å². The molecule has 0 saturated carbocycles. The van der Waals surface area contributed by atoms with Gasteiger partial charge in [0.15, 0.2) is 0 Å². The fourth-order valence-electron chi connectivity index (χ4n) is 3.31. The quantitative estimate of drug-likeness (QED) is 0.761. The molecule has 1 amide bonds. The normalized spacial score (nSPS) is 16.0. The minimum Gasteiger partial charge on any atom is -0.481 e. The molecule has 2 heterocycles. The van der Waals surface area contributed by atoms with Gasteiger partial charge in [-0.1, -0.05) is 31.2 Å². The van der Waals surface area contributed by atoms with Crippen molar-refractivity contribution in [1.29, 1.82) is 0 Å². The number of ether oxygens (including phenoxy) is 1. The van der Waals surface area contributed by atoms with Crippen molar-refractivity contribution in [2.45, 2.75) is 44.6 Å². The number of aliphatic carboxylic acids is 1. The Kier molecular flexibility index (Phi) is 6.23. The zero-order valence-corrected chi connectivity index (χ0v) is 16.2. The molecule has 7 heteroatoms. The van der Waals surface area contributed by atoms with Gasteiger partial charge in [0, 0.05) is 24.2 Å². The first kappa shape index (κ1) is 19.5. The van der Waals surface area contributed by atoms with E-state index in [2.05, 4.69) is 29.4 Å². The Balaban J connectivity index is 1.65. The topological polar surface area (TPSA) is 88.5 Å². The van der Waals surface area contributed by atoms with Gasteiger partial charge >= 0.3 is 5.97 Å². The van der Waals surface area contributed by atoms with Gasteiger partial charge in [0.2, 0.25) is 5.91 Å². The summed E-state index contributed by atoms with van der Waals surface area (Å²) < 4.78 is 5.32. The molecule has 0 spiro atoms. The lowest BCUT2D eigenvalue weighted by molar-refractivity contribution is -0.140. The van der Waals surface area contributed by atoms with Crippen molar-refractivity contribution in [3.63, 3.8) is 0 Å². The average molecular weight is 388 g/mol. The van der Waals surface area contributed by atoms with E-state index in [-0.39, 0.29) is 18.7 Å². The monoisotopic (exact) mass is 388 g/mol. The lowest BCUT2D eigenvalue weighted by atomic mass is 9.86. The van der Waals surface area contributed by atoms with Crippen LogP contribution in [0.5, 0.6) is 0 Å². The number of amides is 1. The predicted molar refractivity (Wildman–Crippen MR) is 104 cm³/mol. The number of hydrogen-bond donors (Lipinski definition) is 2. The Hall–Kier alpha value is -2.25. The van der Waals surface area contributed by atoms with Gasteiger partial charge in [-0.2, -0.15) is 0 Å². The van der Waals surface area contributed by atoms with Crippen molar-refractivity contribution >= 4 is 23.2 Å². The maximum Gasteiger partial charge on any atom is 0.305 e. The number of thiazole rings is 1. The van der Waals surface area contributed by atoms with Gasteiger partial charge in [-0.3, -0.25) is 9.59 Å². The number of hydrogen-bond acceptors (Lipinski definition) is 5. The number of carboxylic acid groups (broad SMARTS) is 1. The molecule has 1 fully saturated rings. The minimum absolute atomic E-state index is 0.0891. The van der Waals surface area contributed by atoms with Gasteiger partial charge in [-0.05, 0) is 24.8 Å². The summed E-state index contributed by atoms with van der Waals surface area (Å²) >= 11 is 1.51. The fourth-order valence-corrected chi connectivity index (χ4v) is 4.13. The third-order valence-electron chi connectivity index (χ3n) is 4.85.